The van der Waals surface area contributed by atoms with Crippen LogP contribution in [-0.2, 0) is 17.8 Å². The van der Waals surface area contributed by atoms with Crippen molar-refractivity contribution < 1.29 is 14.0 Å². The maximum Gasteiger partial charge on any atom is 0.251 e. The van der Waals surface area contributed by atoms with Crippen molar-refractivity contribution in [2.24, 2.45) is 28.2 Å². The van der Waals surface area contributed by atoms with E-state index in [1.165, 1.54) is 65.8 Å². The topological polar surface area (TPSA) is 89.1 Å². The van der Waals surface area contributed by atoms with Crippen molar-refractivity contribution in [3.63, 3.8) is 0 Å². The van der Waals surface area contributed by atoms with Gasteiger partial charge in [-0.2, -0.15) is 0 Å². The summed E-state index contributed by atoms with van der Waals surface area (Å²) in [5.74, 6) is 1.89. The van der Waals surface area contributed by atoms with E-state index >= 15 is 0 Å². The van der Waals surface area contributed by atoms with Crippen molar-refractivity contribution in [2.75, 3.05) is 46.8 Å². The van der Waals surface area contributed by atoms with Crippen molar-refractivity contribution in [1.82, 2.24) is 25.8 Å². The molecular formula is C71H119FN6O2. The number of aliphatic imine (C=N–C) groups is 1. The highest BCUT2D eigenvalue weighted by atomic mass is 19.1. The summed E-state index contributed by atoms with van der Waals surface area (Å²) in [6.45, 7) is 56.4. The number of allylic oxidation sites excluding steroid dienone is 8. The normalized spacial score (nSPS) is 19.8. The number of carbonyl (C=O) groups excluding carboxylic acids is 2. The maximum atomic E-state index is 12.9. The van der Waals surface area contributed by atoms with Gasteiger partial charge in [-0.15, -0.1) is 32.9 Å². The first-order valence-electron chi connectivity index (χ1n) is 30.3. The summed E-state index contributed by atoms with van der Waals surface area (Å²) in [6, 6.07) is 18.3. The van der Waals surface area contributed by atoms with E-state index in [4.69, 9.17) is 0 Å². The highest BCUT2D eigenvalue weighted by Gasteiger charge is 2.46. The Morgan fingerprint density at radius 2 is 1.38 bits per heavy atom. The number of carbonyl (C=O) groups is 2. The molecule has 2 heterocycles. The van der Waals surface area contributed by atoms with E-state index in [-0.39, 0.29) is 23.0 Å². The Hall–Kier alpha value is -5.06. The second kappa shape index (κ2) is 48.6. The van der Waals surface area contributed by atoms with Crippen LogP contribution in [0.5, 0.6) is 0 Å². The van der Waals surface area contributed by atoms with Gasteiger partial charge in [0.15, 0.2) is 0 Å². The summed E-state index contributed by atoms with van der Waals surface area (Å²) < 4.78 is 12.9. The molecule has 6 rings (SSSR count). The number of benzene rings is 2. The zero-order valence-corrected chi connectivity index (χ0v) is 54.2. The van der Waals surface area contributed by atoms with Crippen LogP contribution in [0.3, 0.4) is 0 Å². The SMILES string of the molecule is C=C.C=C.C=CC(CC)/C(C)=C\C(C)=C/N=CC.C=Cc1cccc(CNC)c1.CC.CC.CC/C=C(C)\C=C/C(CC)C(C)=O.CCC1CC(N2CC(NC)C2)C1.CCc1cccc(C(=O)NCC2(C)CN(C3CC(F)C3)C2)c1. The van der Waals surface area contributed by atoms with Crippen LogP contribution in [0, 0.1) is 23.2 Å². The van der Waals surface area contributed by atoms with Crippen molar-refractivity contribution in [1.29, 1.82) is 0 Å². The molecule has 9 heteroatoms. The van der Waals surface area contributed by atoms with E-state index in [1.54, 1.807) is 13.1 Å². The van der Waals surface area contributed by atoms with E-state index in [1.807, 2.05) is 115 Å². The molecule has 2 aliphatic carbocycles. The van der Waals surface area contributed by atoms with Crippen LogP contribution >= 0.6 is 0 Å². The van der Waals surface area contributed by atoms with Gasteiger partial charge in [0.25, 0.3) is 5.91 Å². The predicted octanol–water partition coefficient (Wildman–Crippen LogP) is 17.2. The first kappa shape index (κ1) is 79.2. The molecule has 452 valence electrons. The fourth-order valence-electron chi connectivity index (χ4n) is 9.40. The number of likely N-dealkylation sites (N-methyl/N-ethyl adjacent to an activating group) is 1. The lowest BCUT2D eigenvalue weighted by molar-refractivity contribution is -0.119. The third-order valence-corrected chi connectivity index (χ3v) is 14.5. The van der Waals surface area contributed by atoms with Gasteiger partial charge in [-0.1, -0.05) is 166 Å². The molecule has 4 aliphatic rings. The first-order chi connectivity index (χ1) is 38.4. The molecule has 0 aromatic heterocycles. The molecule has 2 saturated heterocycles. The molecule has 2 saturated carbocycles. The summed E-state index contributed by atoms with van der Waals surface area (Å²) in [5.41, 5.74) is 8.28. The number of nitrogens with one attached hydrogen (secondary N) is 3. The number of alkyl halides is 1. The number of ketones is 1. The minimum absolute atomic E-state index is 0.00226. The summed E-state index contributed by atoms with van der Waals surface area (Å²) in [4.78, 5) is 32.4. The second-order valence-electron chi connectivity index (χ2n) is 20.8. The van der Waals surface area contributed by atoms with Crippen LogP contribution in [0.2, 0.25) is 0 Å². The van der Waals surface area contributed by atoms with Crippen LogP contribution in [0.4, 0.5) is 4.39 Å². The molecule has 8 nitrogen and oxygen atoms in total. The van der Waals surface area contributed by atoms with E-state index in [2.05, 4.69) is 157 Å². The number of aryl methyl sites for hydroxylation is 1. The van der Waals surface area contributed by atoms with Crippen molar-refractivity contribution in [3.8, 4) is 0 Å². The lowest BCUT2D eigenvalue weighted by Gasteiger charge is -2.54. The van der Waals surface area contributed by atoms with Crippen LogP contribution in [0.15, 0.2) is 146 Å². The number of hydrogen-bond acceptors (Lipinski definition) is 7. The summed E-state index contributed by atoms with van der Waals surface area (Å²) >= 11 is 0. The highest BCUT2D eigenvalue weighted by molar-refractivity contribution is 5.94. The van der Waals surface area contributed by atoms with Gasteiger partial charge in [-0.25, -0.2) is 4.39 Å². The second-order valence-corrected chi connectivity index (χ2v) is 20.8. The average molecular weight is 1110 g/mol. The van der Waals surface area contributed by atoms with Crippen molar-refractivity contribution >= 4 is 24.0 Å². The lowest BCUT2D eigenvalue weighted by Crippen LogP contribution is -2.64. The van der Waals surface area contributed by atoms with Gasteiger partial charge in [0.2, 0.25) is 0 Å². The largest absolute Gasteiger partial charge is 0.351 e. The molecule has 2 atom stereocenters. The smallest absolute Gasteiger partial charge is 0.251 e. The van der Waals surface area contributed by atoms with E-state index < -0.39 is 6.17 Å². The van der Waals surface area contributed by atoms with E-state index in [9.17, 15) is 14.0 Å². The Bertz CT molecular complexity index is 2080. The van der Waals surface area contributed by atoms with Crippen LogP contribution in [0.1, 0.15) is 182 Å². The quantitative estimate of drug-likeness (QED) is 0.0656. The van der Waals surface area contributed by atoms with E-state index in [0.29, 0.717) is 31.3 Å². The summed E-state index contributed by atoms with van der Waals surface area (Å²) in [7, 11) is 4.01. The molecule has 80 heavy (non-hydrogen) atoms. The number of rotatable bonds is 21. The molecule has 2 aliphatic heterocycles. The molecule has 3 N–H and O–H groups in total. The van der Waals surface area contributed by atoms with Gasteiger partial charge in [0, 0.05) is 86.7 Å². The minimum Gasteiger partial charge on any atom is -0.351 e. The van der Waals surface area contributed by atoms with Gasteiger partial charge in [-0.3, -0.25) is 24.4 Å². The molecule has 4 fully saturated rings. The van der Waals surface area contributed by atoms with Crippen LogP contribution in [-0.4, -0.2) is 98.8 Å². The van der Waals surface area contributed by atoms with Crippen LogP contribution in [0.25, 0.3) is 6.08 Å². The number of amides is 1. The molecule has 2 unspecified atom stereocenters. The molecular weight excluding hydrogens is 988 g/mol. The standard InChI is InChI=1S/C18H25FN2O.C13H21N.C12H20O.C10H20N2.C10H13N.2C2H6.2C2H4/c1-3-13-5-4-6-14(7-13)17(22)20-10-18(2)11-21(12-18)16-8-15(19)9-16;1-6-13(7-2)12(5)9-11(4)10-14-8-3;1-5-7-10(3)8-9-12(6-2)11(4)13;1-3-8-4-10(5-8)12-6-9(7-12)11-2;1-3-9-5-4-6-10(7-9)8-11-2;4*1-2/h4-7,15-16H,3,8-12H2,1-2H3,(H,20,22);6,8-10,13H,1,7H2,2-5H3;7-9,12H,5-6H2,1-4H3;8-11H,3-7H2,1-2H3;3-7,11H,1,8H2,2H3;2*1-2H3;2*1-2H2/b;11-10-,12-9-,14-8?;9-8-,10-7-;;;;;;. The Kier molecular flexibility index (Phi) is 48.1. The summed E-state index contributed by atoms with van der Waals surface area (Å²) in [6.07, 6.45) is 25.0. The number of halogens is 1. The first-order valence-corrected chi connectivity index (χ1v) is 30.3. The fourth-order valence-corrected chi connectivity index (χ4v) is 9.40. The van der Waals surface area contributed by atoms with Gasteiger partial charge in [0.05, 0.1) is 0 Å². The zero-order chi connectivity index (χ0) is 61.6. The Balaban J connectivity index is -0.000000918. The highest BCUT2D eigenvalue weighted by Crippen LogP contribution is 2.38. The molecule has 0 spiro atoms. The van der Waals surface area contributed by atoms with Gasteiger partial charge in [-0.05, 0) is 146 Å². The minimum atomic E-state index is -0.595. The molecule has 0 radical (unpaired) electrons. The molecule has 0 bridgehead atoms. The Morgan fingerprint density at radius 1 is 0.800 bits per heavy atom. The number of nitrogens with zero attached hydrogens (tertiary/aromatic N) is 3. The third kappa shape index (κ3) is 32.4. The Labute approximate surface area is 492 Å². The third-order valence-electron chi connectivity index (χ3n) is 14.5. The summed E-state index contributed by atoms with van der Waals surface area (Å²) in [5, 5.41) is 9.48. The van der Waals surface area contributed by atoms with E-state index in [0.717, 1.165) is 68.9 Å². The molecule has 1 amide bonds. The number of Topliss-reactive ketones (excluding diaryl/α,β-unsaturated/α-hetero) is 1. The maximum absolute atomic E-state index is 12.9. The monoisotopic (exact) mass is 1110 g/mol. The lowest BCUT2D eigenvalue weighted by atomic mass is 9.76. The van der Waals surface area contributed by atoms with Gasteiger partial charge in [0.1, 0.15) is 12.0 Å². The Morgan fingerprint density at radius 3 is 1.85 bits per heavy atom. The predicted molar refractivity (Wildman–Crippen MR) is 355 cm³/mol. The zero-order valence-electron chi connectivity index (χ0n) is 54.2. The van der Waals surface area contributed by atoms with Gasteiger partial charge >= 0.3 is 0 Å². The van der Waals surface area contributed by atoms with Crippen LogP contribution < -0.4 is 16.0 Å². The average Bonchev–Trinajstić information content (AvgIpc) is 3.44. The number of likely N-dealkylation sites (tertiary alicyclic amines) is 2. The fraction of sp³-hybridized carbons (Fsp3) is 0.563. The molecule has 2 aromatic rings. The van der Waals surface area contributed by atoms with Gasteiger partial charge < -0.3 is 16.0 Å². The number of hydrogen-bond donors (Lipinski definition) is 3. The van der Waals surface area contributed by atoms with Crippen molar-refractivity contribution in [3.05, 3.63) is 164 Å². The molecule has 2 aromatic carbocycles. The van der Waals surface area contributed by atoms with Crippen molar-refractivity contribution in [2.45, 2.75) is 192 Å².